The third-order valence-electron chi connectivity index (χ3n) is 3.71. The highest BCUT2D eigenvalue weighted by Gasteiger charge is 2.35. The lowest BCUT2D eigenvalue weighted by Crippen LogP contribution is -2.32. The summed E-state index contributed by atoms with van der Waals surface area (Å²) in [6.07, 6.45) is 4.29. The summed E-state index contributed by atoms with van der Waals surface area (Å²) >= 11 is 0. The quantitative estimate of drug-likeness (QED) is 0.806. The Labute approximate surface area is 128 Å². The van der Waals surface area contributed by atoms with Gasteiger partial charge >= 0.3 is 0 Å². The minimum atomic E-state index is -3.15. The topological polar surface area (TPSA) is 53.5 Å². The molecule has 0 spiro atoms. The summed E-state index contributed by atoms with van der Waals surface area (Å²) in [5.41, 5.74) is 2.01. The zero-order valence-corrected chi connectivity index (χ0v) is 13.9. The average Bonchev–Trinajstić information content (AvgIpc) is 2.89. The lowest BCUT2D eigenvalue weighted by atomic mass is 10.1. The molecule has 0 aliphatic carbocycles. The number of nitrogens with zero attached hydrogens (tertiary/aromatic N) is 3. The van der Waals surface area contributed by atoms with Gasteiger partial charge in [0.05, 0.1) is 17.5 Å². The van der Waals surface area contributed by atoms with Crippen LogP contribution in [0.2, 0.25) is 0 Å². The minimum Gasteiger partial charge on any atom is -0.305 e. The van der Waals surface area contributed by atoms with Crippen LogP contribution in [0.3, 0.4) is 0 Å². The van der Waals surface area contributed by atoms with Crippen LogP contribution in [-0.2, 0) is 16.6 Å². The molecule has 1 fully saturated rings. The summed E-state index contributed by atoms with van der Waals surface area (Å²) in [7, 11) is 0.884. The summed E-state index contributed by atoms with van der Waals surface area (Å²) in [5.74, 6) is 0.224. The average molecular weight is 311 g/mol. The van der Waals surface area contributed by atoms with E-state index in [-0.39, 0.29) is 11.8 Å². The standard InChI is InChI=1S/C15H25N3O2S/c1-4-10-21(19,20)18-9-5-6-15(18)14-8-7-13(11-16-14)12-17(2)3/h7-8,11,15H,4-6,9-10,12H2,1-3H3/t15-/m0/s1. The largest absolute Gasteiger partial charge is 0.305 e. The van der Waals surface area contributed by atoms with Crippen LogP contribution in [0.1, 0.15) is 43.5 Å². The van der Waals surface area contributed by atoms with Gasteiger partial charge in [0.25, 0.3) is 0 Å². The number of hydrogen-bond donors (Lipinski definition) is 0. The van der Waals surface area contributed by atoms with Crippen molar-refractivity contribution in [3.05, 3.63) is 29.6 Å². The molecular formula is C15H25N3O2S. The van der Waals surface area contributed by atoms with Crippen molar-refractivity contribution in [1.82, 2.24) is 14.2 Å². The van der Waals surface area contributed by atoms with E-state index >= 15 is 0 Å². The second-order valence-electron chi connectivity index (χ2n) is 5.91. The second-order valence-corrected chi connectivity index (χ2v) is 7.95. The first-order valence-corrected chi connectivity index (χ1v) is 9.14. The highest BCUT2D eigenvalue weighted by molar-refractivity contribution is 7.89. The summed E-state index contributed by atoms with van der Waals surface area (Å²) < 4.78 is 26.3. The van der Waals surface area contributed by atoms with Crippen LogP contribution in [-0.4, -0.2) is 49.0 Å². The Kier molecular flexibility index (Phi) is 5.35. The van der Waals surface area contributed by atoms with Crippen LogP contribution in [0.25, 0.3) is 0 Å². The molecule has 1 saturated heterocycles. The van der Waals surface area contributed by atoms with Gasteiger partial charge in [-0.05, 0) is 45.0 Å². The van der Waals surface area contributed by atoms with Gasteiger partial charge in [0.2, 0.25) is 10.0 Å². The first kappa shape index (κ1) is 16.4. The van der Waals surface area contributed by atoms with Gasteiger partial charge in [0, 0.05) is 19.3 Å². The van der Waals surface area contributed by atoms with E-state index < -0.39 is 10.0 Å². The fraction of sp³-hybridized carbons (Fsp3) is 0.667. The third-order valence-corrected chi connectivity index (χ3v) is 5.79. The van der Waals surface area contributed by atoms with Crippen LogP contribution in [0.4, 0.5) is 0 Å². The van der Waals surface area contributed by atoms with E-state index in [4.69, 9.17) is 0 Å². The fourth-order valence-corrected chi connectivity index (χ4v) is 4.59. The van der Waals surface area contributed by atoms with Crippen LogP contribution in [0.5, 0.6) is 0 Å². The molecule has 1 aromatic heterocycles. The van der Waals surface area contributed by atoms with E-state index in [0.717, 1.165) is 30.6 Å². The molecule has 5 nitrogen and oxygen atoms in total. The zero-order chi connectivity index (χ0) is 15.5. The Morgan fingerprint density at radius 3 is 2.71 bits per heavy atom. The smallest absolute Gasteiger partial charge is 0.214 e. The van der Waals surface area contributed by atoms with Crippen LogP contribution >= 0.6 is 0 Å². The summed E-state index contributed by atoms with van der Waals surface area (Å²) in [6, 6.07) is 3.93. The Hall–Kier alpha value is -0.980. The molecule has 0 radical (unpaired) electrons. The summed E-state index contributed by atoms with van der Waals surface area (Å²) in [5, 5.41) is 0. The van der Waals surface area contributed by atoms with Crippen molar-refractivity contribution < 1.29 is 8.42 Å². The van der Waals surface area contributed by atoms with Crippen molar-refractivity contribution in [3.8, 4) is 0 Å². The maximum atomic E-state index is 12.3. The molecular weight excluding hydrogens is 286 g/mol. The van der Waals surface area contributed by atoms with Gasteiger partial charge in [0.1, 0.15) is 0 Å². The number of aromatic nitrogens is 1. The van der Waals surface area contributed by atoms with Gasteiger partial charge in [-0.1, -0.05) is 13.0 Å². The van der Waals surface area contributed by atoms with Gasteiger partial charge < -0.3 is 4.90 Å². The molecule has 1 atom stereocenters. The van der Waals surface area contributed by atoms with Crippen molar-refractivity contribution in [2.45, 2.75) is 38.8 Å². The molecule has 2 rings (SSSR count). The van der Waals surface area contributed by atoms with Gasteiger partial charge in [0.15, 0.2) is 0 Å². The van der Waals surface area contributed by atoms with Gasteiger partial charge in [-0.15, -0.1) is 0 Å². The van der Waals surface area contributed by atoms with Gasteiger partial charge in [-0.25, -0.2) is 8.42 Å². The lowest BCUT2D eigenvalue weighted by Gasteiger charge is -2.23. The van der Waals surface area contributed by atoms with Crippen molar-refractivity contribution in [3.63, 3.8) is 0 Å². The molecule has 0 N–H and O–H groups in total. The third kappa shape index (κ3) is 4.02. The van der Waals surface area contributed by atoms with E-state index in [9.17, 15) is 8.42 Å². The fourth-order valence-electron chi connectivity index (χ4n) is 2.84. The molecule has 118 valence electrons. The van der Waals surface area contributed by atoms with E-state index in [1.165, 1.54) is 0 Å². The van der Waals surface area contributed by atoms with Crippen LogP contribution in [0, 0.1) is 0 Å². The Bertz CT molecular complexity index is 555. The first-order valence-electron chi connectivity index (χ1n) is 7.53. The Balaban J connectivity index is 2.16. The molecule has 0 saturated carbocycles. The van der Waals surface area contributed by atoms with Gasteiger partial charge in [-0.2, -0.15) is 4.31 Å². The van der Waals surface area contributed by atoms with Crippen molar-refractivity contribution in [2.75, 3.05) is 26.4 Å². The number of hydrogen-bond acceptors (Lipinski definition) is 4. The van der Waals surface area contributed by atoms with E-state index in [1.54, 1.807) is 4.31 Å². The monoisotopic (exact) mass is 311 g/mol. The zero-order valence-electron chi connectivity index (χ0n) is 13.1. The predicted octanol–water partition coefficient (Wildman–Crippen LogP) is 2.02. The van der Waals surface area contributed by atoms with E-state index in [0.29, 0.717) is 13.0 Å². The molecule has 1 aliphatic heterocycles. The van der Waals surface area contributed by atoms with E-state index in [2.05, 4.69) is 9.88 Å². The first-order chi connectivity index (χ1) is 9.94. The highest BCUT2D eigenvalue weighted by atomic mass is 32.2. The molecule has 1 aromatic rings. The maximum absolute atomic E-state index is 12.3. The molecule has 0 aromatic carbocycles. The molecule has 6 heteroatoms. The summed E-state index contributed by atoms with van der Waals surface area (Å²) in [4.78, 5) is 6.59. The normalized spacial score (nSPS) is 20.3. The number of sulfonamides is 1. The van der Waals surface area contributed by atoms with Crippen molar-refractivity contribution in [1.29, 1.82) is 0 Å². The van der Waals surface area contributed by atoms with Gasteiger partial charge in [-0.3, -0.25) is 4.98 Å². The summed E-state index contributed by atoms with van der Waals surface area (Å²) in [6.45, 7) is 3.36. The number of rotatable bonds is 6. The molecule has 1 aliphatic rings. The van der Waals surface area contributed by atoms with Crippen LogP contribution < -0.4 is 0 Å². The Morgan fingerprint density at radius 2 is 2.14 bits per heavy atom. The Morgan fingerprint density at radius 1 is 1.38 bits per heavy atom. The molecule has 0 bridgehead atoms. The predicted molar refractivity (Wildman–Crippen MR) is 84.4 cm³/mol. The maximum Gasteiger partial charge on any atom is 0.214 e. The minimum absolute atomic E-state index is 0.0880. The van der Waals surface area contributed by atoms with Crippen molar-refractivity contribution in [2.24, 2.45) is 0 Å². The molecule has 0 amide bonds. The number of pyridine rings is 1. The van der Waals surface area contributed by atoms with Crippen LogP contribution in [0.15, 0.2) is 18.3 Å². The second kappa shape index (κ2) is 6.85. The highest BCUT2D eigenvalue weighted by Crippen LogP contribution is 2.33. The SMILES string of the molecule is CCCS(=O)(=O)N1CCC[C@H]1c1ccc(CN(C)C)cn1. The molecule has 0 unspecified atom stereocenters. The molecule has 2 heterocycles. The molecule has 21 heavy (non-hydrogen) atoms. The van der Waals surface area contributed by atoms with Crippen molar-refractivity contribution >= 4 is 10.0 Å². The van der Waals surface area contributed by atoms with E-state index in [1.807, 2.05) is 39.3 Å². The lowest BCUT2D eigenvalue weighted by molar-refractivity contribution is 0.388.